The van der Waals surface area contributed by atoms with Crippen molar-refractivity contribution in [3.05, 3.63) is 63.1 Å². The van der Waals surface area contributed by atoms with Gasteiger partial charge in [-0.25, -0.2) is 4.39 Å². The van der Waals surface area contributed by atoms with Gasteiger partial charge in [-0.2, -0.15) is 0 Å². The lowest BCUT2D eigenvalue weighted by atomic mass is 10.0. The number of aromatic nitrogens is 1. The van der Waals surface area contributed by atoms with Gasteiger partial charge < -0.3 is 5.32 Å². The number of pyridine rings is 1. The summed E-state index contributed by atoms with van der Waals surface area (Å²) < 4.78 is 14.8. The van der Waals surface area contributed by atoms with E-state index in [0.29, 0.717) is 12.0 Å². The van der Waals surface area contributed by atoms with Crippen molar-refractivity contribution in [2.45, 2.75) is 12.5 Å². The summed E-state index contributed by atoms with van der Waals surface area (Å²) in [4.78, 5) is 4.33. The number of rotatable bonds is 4. The summed E-state index contributed by atoms with van der Waals surface area (Å²) in [6.07, 6.45) is 2.21. The van der Waals surface area contributed by atoms with E-state index in [4.69, 9.17) is 11.6 Å². The van der Waals surface area contributed by atoms with Crippen molar-refractivity contribution in [3.63, 3.8) is 0 Å². The first-order valence-electron chi connectivity index (χ1n) is 5.84. The zero-order valence-electron chi connectivity index (χ0n) is 10.3. The zero-order chi connectivity index (χ0) is 13.8. The molecule has 0 fully saturated rings. The van der Waals surface area contributed by atoms with Gasteiger partial charge in [0.25, 0.3) is 0 Å². The van der Waals surface area contributed by atoms with E-state index in [0.717, 1.165) is 10.2 Å². The molecule has 1 aromatic carbocycles. The van der Waals surface area contributed by atoms with Crippen molar-refractivity contribution < 1.29 is 4.39 Å². The molecule has 1 unspecified atom stereocenters. The van der Waals surface area contributed by atoms with E-state index in [9.17, 15) is 4.39 Å². The lowest BCUT2D eigenvalue weighted by molar-refractivity contribution is 0.543. The second-order valence-electron chi connectivity index (χ2n) is 4.13. The largest absolute Gasteiger partial charge is 0.311 e. The molecule has 19 heavy (non-hydrogen) atoms. The molecule has 2 nitrogen and oxygen atoms in total. The molecule has 2 rings (SSSR count). The number of halogens is 3. The predicted octanol–water partition coefficient (Wildman–Crippen LogP) is 4.14. The Hall–Kier alpha value is -0.970. The van der Waals surface area contributed by atoms with E-state index in [1.807, 2.05) is 19.2 Å². The molecule has 0 aliphatic carbocycles. The molecule has 1 N–H and O–H groups in total. The maximum absolute atomic E-state index is 13.9. The van der Waals surface area contributed by atoms with E-state index >= 15 is 0 Å². The van der Waals surface area contributed by atoms with Crippen LogP contribution < -0.4 is 5.32 Å². The van der Waals surface area contributed by atoms with Crippen LogP contribution in [0.3, 0.4) is 0 Å². The predicted molar refractivity (Wildman–Crippen MR) is 78.9 cm³/mol. The van der Waals surface area contributed by atoms with Crippen LogP contribution in [0, 0.1) is 5.82 Å². The minimum Gasteiger partial charge on any atom is -0.311 e. The highest BCUT2D eigenvalue weighted by Crippen LogP contribution is 2.26. The monoisotopic (exact) mass is 342 g/mol. The van der Waals surface area contributed by atoms with Gasteiger partial charge in [-0.15, -0.1) is 0 Å². The van der Waals surface area contributed by atoms with Crippen LogP contribution in [0.4, 0.5) is 4.39 Å². The molecule has 1 heterocycles. The Morgan fingerprint density at radius 1 is 1.37 bits per heavy atom. The Morgan fingerprint density at radius 2 is 2.16 bits per heavy atom. The summed E-state index contributed by atoms with van der Waals surface area (Å²) in [5, 5.41) is 3.30. The number of hydrogen-bond acceptors (Lipinski definition) is 2. The third kappa shape index (κ3) is 3.32. The van der Waals surface area contributed by atoms with Crippen molar-refractivity contribution >= 4 is 27.5 Å². The molecule has 0 amide bonds. The number of benzene rings is 1. The van der Waals surface area contributed by atoms with Crippen LogP contribution in [0.2, 0.25) is 5.02 Å². The fourth-order valence-electron chi connectivity index (χ4n) is 1.92. The lowest BCUT2D eigenvalue weighted by Gasteiger charge is -2.17. The quantitative estimate of drug-likeness (QED) is 0.902. The first-order chi connectivity index (χ1) is 9.13. The molecule has 5 heteroatoms. The van der Waals surface area contributed by atoms with Crippen LogP contribution in [-0.4, -0.2) is 12.0 Å². The Bertz CT molecular complexity index is 577. The topological polar surface area (TPSA) is 24.9 Å². The first kappa shape index (κ1) is 14.4. The summed E-state index contributed by atoms with van der Waals surface area (Å²) in [5.41, 5.74) is 1.42. The second kappa shape index (κ2) is 6.46. The van der Waals surface area contributed by atoms with Crippen LogP contribution in [0.5, 0.6) is 0 Å². The summed E-state index contributed by atoms with van der Waals surface area (Å²) in [7, 11) is 1.83. The van der Waals surface area contributed by atoms with Gasteiger partial charge in [0.05, 0.1) is 16.8 Å². The molecule has 1 atom stereocenters. The van der Waals surface area contributed by atoms with Gasteiger partial charge >= 0.3 is 0 Å². The van der Waals surface area contributed by atoms with Crippen LogP contribution in [0.15, 0.2) is 41.0 Å². The van der Waals surface area contributed by atoms with Crippen molar-refractivity contribution in [2.75, 3.05) is 7.05 Å². The summed E-state index contributed by atoms with van der Waals surface area (Å²) in [5.74, 6) is -0.364. The van der Waals surface area contributed by atoms with Crippen LogP contribution >= 0.6 is 27.5 Å². The third-order valence-electron chi connectivity index (χ3n) is 2.92. The maximum Gasteiger partial charge on any atom is 0.145 e. The Kier molecular flexibility index (Phi) is 4.91. The second-order valence-corrected chi connectivity index (χ2v) is 5.39. The van der Waals surface area contributed by atoms with Gasteiger partial charge in [0, 0.05) is 10.7 Å². The van der Waals surface area contributed by atoms with Crippen molar-refractivity contribution in [2.24, 2.45) is 0 Å². The summed E-state index contributed by atoms with van der Waals surface area (Å²) >= 11 is 9.26. The smallest absolute Gasteiger partial charge is 0.145 e. The van der Waals surface area contributed by atoms with E-state index in [2.05, 4.69) is 26.2 Å². The van der Waals surface area contributed by atoms with Crippen LogP contribution in [0.25, 0.3) is 0 Å². The van der Waals surface area contributed by atoms with Gasteiger partial charge in [0.15, 0.2) is 0 Å². The number of nitrogens with zero attached hydrogens (tertiary/aromatic N) is 1. The first-order valence-corrected chi connectivity index (χ1v) is 7.01. The fourth-order valence-corrected chi connectivity index (χ4v) is 2.64. The molecule has 0 saturated carbocycles. The molecule has 100 valence electrons. The zero-order valence-corrected chi connectivity index (χ0v) is 12.7. The molecule has 0 radical (unpaired) electrons. The summed E-state index contributed by atoms with van der Waals surface area (Å²) in [6, 6.07) is 8.72. The normalized spacial score (nSPS) is 12.4. The van der Waals surface area contributed by atoms with E-state index in [1.54, 1.807) is 24.4 Å². The van der Waals surface area contributed by atoms with Gasteiger partial charge in [0.1, 0.15) is 5.82 Å². The Morgan fingerprint density at radius 3 is 2.84 bits per heavy atom. The van der Waals surface area contributed by atoms with Gasteiger partial charge in [0.2, 0.25) is 0 Å². The molecule has 2 aromatic rings. The van der Waals surface area contributed by atoms with E-state index in [1.165, 1.54) is 0 Å². The van der Waals surface area contributed by atoms with E-state index in [-0.39, 0.29) is 16.9 Å². The van der Waals surface area contributed by atoms with Gasteiger partial charge in [-0.1, -0.05) is 23.7 Å². The third-order valence-corrected chi connectivity index (χ3v) is 3.88. The molecular formula is C14H13BrClFN2. The SMILES string of the molecule is CNC(Cc1cccc(Cl)c1F)c1ncccc1Br. The standard InChI is InChI=1S/C14H13BrClFN2/c1-18-12(14-10(15)5-3-7-19-14)8-9-4-2-6-11(16)13(9)17/h2-7,12,18H,8H2,1H3. The Balaban J connectivity index is 2.30. The van der Waals surface area contributed by atoms with Crippen LogP contribution in [0.1, 0.15) is 17.3 Å². The molecule has 0 bridgehead atoms. The maximum atomic E-state index is 13.9. The molecule has 0 spiro atoms. The molecule has 0 aliphatic heterocycles. The summed E-state index contributed by atoms with van der Waals surface area (Å²) in [6.45, 7) is 0. The average molecular weight is 344 g/mol. The number of nitrogens with one attached hydrogen (secondary N) is 1. The number of hydrogen-bond donors (Lipinski definition) is 1. The minimum absolute atomic E-state index is 0.0801. The van der Waals surface area contributed by atoms with E-state index < -0.39 is 0 Å². The van der Waals surface area contributed by atoms with Gasteiger partial charge in [-0.05, 0) is 53.2 Å². The Labute approximate surface area is 125 Å². The molecule has 0 aliphatic rings. The van der Waals surface area contributed by atoms with Crippen LogP contribution in [-0.2, 0) is 6.42 Å². The highest BCUT2D eigenvalue weighted by Gasteiger charge is 2.17. The lowest BCUT2D eigenvalue weighted by Crippen LogP contribution is -2.21. The van der Waals surface area contributed by atoms with Crippen molar-refractivity contribution in [1.82, 2.24) is 10.3 Å². The molecule has 1 aromatic heterocycles. The molecule has 0 saturated heterocycles. The molecular weight excluding hydrogens is 331 g/mol. The minimum atomic E-state index is -0.364. The van der Waals surface area contributed by atoms with Crippen molar-refractivity contribution in [3.8, 4) is 0 Å². The highest BCUT2D eigenvalue weighted by molar-refractivity contribution is 9.10. The fraction of sp³-hybridized carbons (Fsp3) is 0.214. The van der Waals surface area contributed by atoms with Gasteiger partial charge in [-0.3, -0.25) is 4.98 Å². The highest BCUT2D eigenvalue weighted by atomic mass is 79.9. The van der Waals surface area contributed by atoms with Crippen molar-refractivity contribution in [1.29, 1.82) is 0 Å². The number of likely N-dealkylation sites (N-methyl/N-ethyl adjacent to an activating group) is 1. The average Bonchev–Trinajstić information content (AvgIpc) is 2.41.